The standard InChI is InChI=1S/C11H12Cl2N2O2/c1-17-11(16)8-3-2-6-15(8)9-5-4-7(12)10(13)14-9/h4-5,8H,2-3,6H2,1H3/t8-/m0/s1. The van der Waals surface area contributed by atoms with Crippen molar-refractivity contribution in [1.82, 2.24) is 4.98 Å². The Bertz CT molecular complexity index is 439. The highest BCUT2D eigenvalue weighted by Crippen LogP contribution is 2.28. The number of esters is 1. The zero-order chi connectivity index (χ0) is 12.4. The van der Waals surface area contributed by atoms with E-state index in [1.807, 2.05) is 4.90 Å². The van der Waals surface area contributed by atoms with Crippen LogP contribution >= 0.6 is 23.2 Å². The maximum atomic E-state index is 11.6. The molecular weight excluding hydrogens is 263 g/mol. The van der Waals surface area contributed by atoms with Crippen LogP contribution in [0.4, 0.5) is 5.82 Å². The molecule has 1 aliphatic rings. The topological polar surface area (TPSA) is 42.4 Å². The smallest absolute Gasteiger partial charge is 0.328 e. The molecule has 2 heterocycles. The number of nitrogens with zero attached hydrogens (tertiary/aromatic N) is 2. The first-order valence-corrected chi connectivity index (χ1v) is 6.05. The second kappa shape index (κ2) is 5.10. The van der Waals surface area contributed by atoms with Crippen molar-refractivity contribution in [2.75, 3.05) is 18.6 Å². The van der Waals surface area contributed by atoms with Crippen LogP contribution < -0.4 is 4.90 Å². The molecular formula is C11H12Cl2N2O2. The van der Waals surface area contributed by atoms with Gasteiger partial charge in [0.25, 0.3) is 0 Å². The summed E-state index contributed by atoms with van der Waals surface area (Å²) in [7, 11) is 1.39. The minimum atomic E-state index is -0.273. The van der Waals surface area contributed by atoms with E-state index in [2.05, 4.69) is 4.98 Å². The van der Waals surface area contributed by atoms with Crippen molar-refractivity contribution in [3.63, 3.8) is 0 Å². The Hall–Kier alpha value is -1.000. The molecule has 0 radical (unpaired) electrons. The average molecular weight is 275 g/mol. The molecule has 1 saturated heterocycles. The van der Waals surface area contributed by atoms with Crippen molar-refractivity contribution in [2.45, 2.75) is 18.9 Å². The van der Waals surface area contributed by atoms with Crippen LogP contribution in [0.15, 0.2) is 12.1 Å². The number of rotatable bonds is 2. The van der Waals surface area contributed by atoms with E-state index in [4.69, 9.17) is 27.9 Å². The molecule has 0 saturated carbocycles. The third kappa shape index (κ3) is 2.48. The summed E-state index contributed by atoms with van der Waals surface area (Å²) >= 11 is 11.7. The molecule has 0 aromatic carbocycles. The number of ether oxygens (including phenoxy) is 1. The molecule has 17 heavy (non-hydrogen) atoms. The van der Waals surface area contributed by atoms with Gasteiger partial charge in [-0.15, -0.1) is 0 Å². The van der Waals surface area contributed by atoms with Crippen LogP contribution in [0.3, 0.4) is 0 Å². The molecule has 1 aliphatic heterocycles. The number of hydrogen-bond acceptors (Lipinski definition) is 4. The van der Waals surface area contributed by atoms with Crippen LogP contribution in [-0.2, 0) is 9.53 Å². The summed E-state index contributed by atoms with van der Waals surface area (Å²) in [4.78, 5) is 17.7. The maximum Gasteiger partial charge on any atom is 0.328 e. The first-order valence-electron chi connectivity index (χ1n) is 5.30. The summed E-state index contributed by atoms with van der Waals surface area (Å²) in [6.07, 6.45) is 1.70. The van der Waals surface area contributed by atoms with Crippen molar-refractivity contribution in [3.05, 3.63) is 22.3 Å². The third-order valence-electron chi connectivity index (χ3n) is 2.81. The molecule has 4 nitrogen and oxygen atoms in total. The van der Waals surface area contributed by atoms with Crippen molar-refractivity contribution < 1.29 is 9.53 Å². The summed E-state index contributed by atoms with van der Waals surface area (Å²) in [6, 6.07) is 3.17. The average Bonchev–Trinajstić information content (AvgIpc) is 2.80. The van der Waals surface area contributed by atoms with Crippen molar-refractivity contribution >= 4 is 35.0 Å². The summed E-state index contributed by atoms with van der Waals surface area (Å²) in [5.74, 6) is 0.419. The van der Waals surface area contributed by atoms with Gasteiger partial charge in [-0.05, 0) is 25.0 Å². The van der Waals surface area contributed by atoms with Gasteiger partial charge in [0.1, 0.15) is 17.0 Å². The molecule has 0 unspecified atom stereocenters. The minimum Gasteiger partial charge on any atom is -0.467 e. The molecule has 0 spiro atoms. The molecule has 0 bridgehead atoms. The largest absolute Gasteiger partial charge is 0.467 e. The lowest BCUT2D eigenvalue weighted by molar-refractivity contribution is -0.141. The Labute approximate surface area is 109 Å². The molecule has 0 amide bonds. The van der Waals surface area contributed by atoms with E-state index < -0.39 is 0 Å². The van der Waals surface area contributed by atoms with E-state index in [0.717, 1.165) is 19.4 Å². The van der Waals surface area contributed by atoms with E-state index >= 15 is 0 Å². The monoisotopic (exact) mass is 274 g/mol. The minimum absolute atomic E-state index is 0.240. The van der Waals surface area contributed by atoms with Gasteiger partial charge in [-0.3, -0.25) is 0 Å². The number of aromatic nitrogens is 1. The van der Waals surface area contributed by atoms with Gasteiger partial charge in [-0.2, -0.15) is 0 Å². The van der Waals surface area contributed by atoms with Gasteiger partial charge in [0, 0.05) is 6.54 Å². The lowest BCUT2D eigenvalue weighted by Gasteiger charge is -2.23. The summed E-state index contributed by atoms with van der Waals surface area (Å²) in [6.45, 7) is 0.769. The van der Waals surface area contributed by atoms with E-state index in [1.54, 1.807) is 12.1 Å². The van der Waals surface area contributed by atoms with Gasteiger partial charge < -0.3 is 9.64 Å². The number of methoxy groups -OCH3 is 1. The van der Waals surface area contributed by atoms with Crippen molar-refractivity contribution in [1.29, 1.82) is 0 Å². The van der Waals surface area contributed by atoms with E-state index in [0.29, 0.717) is 10.8 Å². The second-order valence-corrected chi connectivity index (χ2v) is 4.58. The van der Waals surface area contributed by atoms with Gasteiger partial charge in [0.2, 0.25) is 0 Å². The summed E-state index contributed by atoms with van der Waals surface area (Å²) in [5, 5.41) is 0.656. The van der Waals surface area contributed by atoms with Crippen LogP contribution in [0.1, 0.15) is 12.8 Å². The predicted octanol–water partition coefficient (Wildman–Crippen LogP) is 2.53. The first kappa shape index (κ1) is 12.5. The highest BCUT2D eigenvalue weighted by atomic mass is 35.5. The van der Waals surface area contributed by atoms with E-state index in [9.17, 15) is 4.79 Å². The number of anilines is 1. The maximum absolute atomic E-state index is 11.6. The Balaban J connectivity index is 2.26. The summed E-state index contributed by atoms with van der Waals surface area (Å²) < 4.78 is 4.77. The highest BCUT2D eigenvalue weighted by molar-refractivity contribution is 6.41. The number of carbonyl (C=O) groups is 1. The summed E-state index contributed by atoms with van der Waals surface area (Å²) in [5.41, 5.74) is 0. The zero-order valence-electron chi connectivity index (χ0n) is 9.32. The fourth-order valence-electron chi connectivity index (χ4n) is 1.99. The third-order valence-corrected chi connectivity index (χ3v) is 3.50. The van der Waals surface area contributed by atoms with Gasteiger partial charge in [0.15, 0.2) is 0 Å². The quantitative estimate of drug-likeness (QED) is 0.614. The Morgan fingerprint density at radius 2 is 2.29 bits per heavy atom. The molecule has 1 aromatic heterocycles. The molecule has 6 heteroatoms. The zero-order valence-corrected chi connectivity index (χ0v) is 10.8. The van der Waals surface area contributed by atoms with E-state index in [1.165, 1.54) is 7.11 Å². The van der Waals surface area contributed by atoms with Crippen LogP contribution in [0.25, 0.3) is 0 Å². The van der Waals surface area contributed by atoms with Crippen LogP contribution in [-0.4, -0.2) is 30.6 Å². The van der Waals surface area contributed by atoms with Gasteiger partial charge in [-0.1, -0.05) is 23.2 Å². The molecule has 0 N–H and O–H groups in total. The lowest BCUT2D eigenvalue weighted by Crippen LogP contribution is -2.37. The Morgan fingerprint density at radius 1 is 1.53 bits per heavy atom. The van der Waals surface area contributed by atoms with Crippen LogP contribution in [0.2, 0.25) is 10.2 Å². The predicted molar refractivity (Wildman–Crippen MR) is 66.6 cm³/mol. The van der Waals surface area contributed by atoms with Crippen LogP contribution in [0.5, 0.6) is 0 Å². The highest BCUT2D eigenvalue weighted by Gasteiger charge is 2.32. The van der Waals surface area contributed by atoms with Gasteiger partial charge in [-0.25, -0.2) is 9.78 Å². The molecule has 92 valence electrons. The van der Waals surface area contributed by atoms with Gasteiger partial charge in [0.05, 0.1) is 12.1 Å². The van der Waals surface area contributed by atoms with E-state index in [-0.39, 0.29) is 17.2 Å². The SMILES string of the molecule is COC(=O)[C@@H]1CCCN1c1ccc(Cl)c(Cl)n1. The fourth-order valence-corrected chi connectivity index (χ4v) is 2.24. The molecule has 1 atom stereocenters. The van der Waals surface area contributed by atoms with Crippen molar-refractivity contribution in [3.8, 4) is 0 Å². The Morgan fingerprint density at radius 3 is 2.94 bits per heavy atom. The van der Waals surface area contributed by atoms with Crippen molar-refractivity contribution in [2.24, 2.45) is 0 Å². The number of halogens is 2. The first-order chi connectivity index (χ1) is 8.13. The molecule has 1 fully saturated rings. The number of hydrogen-bond donors (Lipinski definition) is 0. The molecule has 2 rings (SSSR count). The van der Waals surface area contributed by atoms with Gasteiger partial charge >= 0.3 is 5.97 Å². The lowest BCUT2D eigenvalue weighted by atomic mass is 10.2. The normalized spacial score (nSPS) is 19.5. The second-order valence-electron chi connectivity index (χ2n) is 3.82. The van der Waals surface area contributed by atoms with Crippen LogP contribution in [0, 0.1) is 0 Å². The fraction of sp³-hybridized carbons (Fsp3) is 0.455. The Kier molecular flexibility index (Phi) is 3.74. The molecule has 0 aliphatic carbocycles. The number of pyridine rings is 1. The molecule has 1 aromatic rings. The number of carbonyl (C=O) groups excluding carboxylic acids is 1.